The summed E-state index contributed by atoms with van der Waals surface area (Å²) in [6, 6.07) is 19.2. The summed E-state index contributed by atoms with van der Waals surface area (Å²) in [7, 11) is 6.08. The molecule has 9 heteroatoms. The van der Waals surface area contributed by atoms with Crippen LogP contribution in [0.15, 0.2) is 76.6 Å². The quantitative estimate of drug-likeness (QED) is 0.417. The summed E-state index contributed by atoms with van der Waals surface area (Å²) in [5, 5.41) is 0.219. The minimum absolute atomic E-state index is 0.219. The van der Waals surface area contributed by atoms with Crippen LogP contribution in [0.2, 0.25) is 0 Å². The molecule has 3 aromatic carbocycles. The van der Waals surface area contributed by atoms with Gasteiger partial charge in [0.1, 0.15) is 5.75 Å². The molecule has 0 N–H and O–H groups in total. The van der Waals surface area contributed by atoms with Gasteiger partial charge < -0.3 is 18.9 Å². The summed E-state index contributed by atoms with van der Waals surface area (Å²) in [4.78, 5) is 32.6. The van der Waals surface area contributed by atoms with Gasteiger partial charge in [-0.15, -0.1) is 0 Å². The molecule has 0 aliphatic carbocycles. The molecule has 0 radical (unpaired) electrons. The van der Waals surface area contributed by atoms with Crippen LogP contribution in [0.1, 0.15) is 15.9 Å². The van der Waals surface area contributed by atoms with E-state index >= 15 is 0 Å². The normalized spacial score (nSPS) is 15.3. The van der Waals surface area contributed by atoms with E-state index in [1.807, 2.05) is 6.07 Å². The molecule has 2 amide bonds. The SMILES string of the molecule is COc1ccccc1N1C(=O)/C(=C\c2cc(OC)c(OC)c(OC)c2)SC1=NC(=O)c1ccccc1. The Morgan fingerprint density at radius 1 is 0.833 bits per heavy atom. The van der Waals surface area contributed by atoms with Crippen molar-refractivity contribution in [3.05, 3.63) is 82.8 Å². The lowest BCUT2D eigenvalue weighted by Gasteiger charge is -2.18. The first-order valence-corrected chi connectivity index (χ1v) is 11.7. The number of anilines is 1. The Morgan fingerprint density at radius 3 is 2.06 bits per heavy atom. The molecule has 3 aromatic rings. The van der Waals surface area contributed by atoms with Crippen molar-refractivity contribution in [2.45, 2.75) is 0 Å². The molecule has 36 heavy (non-hydrogen) atoms. The number of amides is 2. The molecule has 8 nitrogen and oxygen atoms in total. The molecular formula is C27H24N2O6S. The number of benzene rings is 3. The first-order valence-electron chi connectivity index (χ1n) is 10.9. The second-order valence-electron chi connectivity index (χ2n) is 7.45. The van der Waals surface area contributed by atoms with Crippen LogP contribution < -0.4 is 23.8 Å². The topological polar surface area (TPSA) is 86.7 Å². The van der Waals surface area contributed by atoms with Crippen molar-refractivity contribution < 1.29 is 28.5 Å². The number of hydrogen-bond acceptors (Lipinski definition) is 7. The molecule has 0 unspecified atom stereocenters. The molecule has 1 fully saturated rings. The maximum absolute atomic E-state index is 13.6. The summed E-state index contributed by atoms with van der Waals surface area (Å²) in [6.07, 6.45) is 1.69. The number of thioether (sulfide) groups is 1. The van der Waals surface area contributed by atoms with Gasteiger partial charge in [0, 0.05) is 5.56 Å². The molecule has 0 bridgehead atoms. The predicted molar refractivity (Wildman–Crippen MR) is 140 cm³/mol. The smallest absolute Gasteiger partial charge is 0.279 e. The average molecular weight is 505 g/mol. The maximum Gasteiger partial charge on any atom is 0.279 e. The molecule has 1 saturated heterocycles. The minimum atomic E-state index is -0.458. The zero-order valence-corrected chi connectivity index (χ0v) is 21.0. The molecule has 1 aliphatic heterocycles. The number of hydrogen-bond donors (Lipinski definition) is 0. The fourth-order valence-corrected chi connectivity index (χ4v) is 4.62. The minimum Gasteiger partial charge on any atom is -0.495 e. The molecule has 0 saturated carbocycles. The Bertz CT molecular complexity index is 1330. The van der Waals surface area contributed by atoms with Crippen molar-refractivity contribution in [3.8, 4) is 23.0 Å². The van der Waals surface area contributed by atoms with Gasteiger partial charge in [0.25, 0.3) is 11.8 Å². The summed E-state index contributed by atoms with van der Waals surface area (Å²) >= 11 is 1.09. The van der Waals surface area contributed by atoms with Crippen LogP contribution >= 0.6 is 11.8 Å². The number of ether oxygens (including phenoxy) is 4. The van der Waals surface area contributed by atoms with E-state index in [0.717, 1.165) is 11.8 Å². The van der Waals surface area contributed by atoms with Crippen molar-refractivity contribution in [1.82, 2.24) is 0 Å². The number of para-hydroxylation sites is 2. The van der Waals surface area contributed by atoms with E-state index in [1.165, 1.54) is 33.3 Å². The summed E-state index contributed by atoms with van der Waals surface area (Å²) in [5.74, 6) is 1.01. The molecular weight excluding hydrogens is 480 g/mol. The van der Waals surface area contributed by atoms with E-state index in [1.54, 1.807) is 66.7 Å². The third-order valence-electron chi connectivity index (χ3n) is 5.34. The van der Waals surface area contributed by atoms with Gasteiger partial charge in [0.05, 0.1) is 39.0 Å². The lowest BCUT2D eigenvalue weighted by molar-refractivity contribution is -0.113. The van der Waals surface area contributed by atoms with Crippen LogP contribution in [-0.4, -0.2) is 45.4 Å². The number of rotatable bonds is 7. The van der Waals surface area contributed by atoms with Crippen molar-refractivity contribution in [3.63, 3.8) is 0 Å². The zero-order valence-electron chi connectivity index (χ0n) is 20.2. The van der Waals surface area contributed by atoms with Crippen LogP contribution in [-0.2, 0) is 4.79 Å². The molecule has 184 valence electrons. The fraction of sp³-hybridized carbons (Fsp3) is 0.148. The molecule has 0 atom stereocenters. The molecule has 0 spiro atoms. The van der Waals surface area contributed by atoms with Crippen molar-refractivity contribution >= 4 is 40.5 Å². The highest BCUT2D eigenvalue weighted by Crippen LogP contribution is 2.42. The molecule has 1 heterocycles. The van der Waals surface area contributed by atoms with Gasteiger partial charge in [-0.1, -0.05) is 30.3 Å². The Balaban J connectivity index is 1.81. The van der Waals surface area contributed by atoms with E-state index in [4.69, 9.17) is 18.9 Å². The first kappa shape index (κ1) is 24.9. The standard InChI is InChI=1S/C27H24N2O6S/c1-32-20-13-9-8-12-19(20)29-26(31)23(36-27(29)28-25(30)18-10-6-5-7-11-18)16-17-14-21(33-2)24(35-4)22(15-17)34-3/h5-16H,1-4H3/b23-16+,28-27?. The van der Waals surface area contributed by atoms with Crippen molar-refractivity contribution in [2.75, 3.05) is 33.3 Å². The maximum atomic E-state index is 13.6. The van der Waals surface area contributed by atoms with E-state index < -0.39 is 5.91 Å². The lowest BCUT2D eigenvalue weighted by atomic mass is 10.1. The Labute approximate surface area is 213 Å². The first-order chi connectivity index (χ1) is 17.5. The van der Waals surface area contributed by atoms with Crippen molar-refractivity contribution in [1.29, 1.82) is 0 Å². The number of amidine groups is 1. The fourth-order valence-electron chi connectivity index (χ4n) is 3.64. The Hall–Kier alpha value is -4.24. The van der Waals surface area contributed by atoms with Crippen molar-refractivity contribution in [2.24, 2.45) is 4.99 Å². The third-order valence-corrected chi connectivity index (χ3v) is 6.30. The Morgan fingerprint density at radius 2 is 1.44 bits per heavy atom. The number of carbonyl (C=O) groups is 2. The summed E-state index contributed by atoms with van der Waals surface area (Å²) < 4.78 is 21.7. The third kappa shape index (κ3) is 4.92. The monoisotopic (exact) mass is 504 g/mol. The zero-order chi connectivity index (χ0) is 25.7. The van der Waals surface area contributed by atoms with Crippen LogP contribution in [0, 0.1) is 0 Å². The van der Waals surface area contributed by atoms with E-state index in [2.05, 4.69) is 4.99 Å². The van der Waals surface area contributed by atoms with Gasteiger partial charge in [0.2, 0.25) is 5.75 Å². The number of methoxy groups -OCH3 is 4. The van der Waals surface area contributed by atoms with Gasteiger partial charge in [0.15, 0.2) is 16.7 Å². The van der Waals surface area contributed by atoms with E-state index in [-0.39, 0.29) is 11.1 Å². The average Bonchev–Trinajstić information content (AvgIpc) is 3.21. The second kappa shape index (κ2) is 11.0. The number of aliphatic imine (C=N–C) groups is 1. The Kier molecular flexibility index (Phi) is 7.60. The highest BCUT2D eigenvalue weighted by molar-refractivity contribution is 8.19. The van der Waals surface area contributed by atoms with Crippen LogP contribution in [0.25, 0.3) is 6.08 Å². The van der Waals surface area contributed by atoms with Gasteiger partial charge in [-0.2, -0.15) is 4.99 Å². The molecule has 1 aliphatic rings. The lowest BCUT2D eigenvalue weighted by Crippen LogP contribution is -2.29. The molecule has 0 aromatic heterocycles. The van der Waals surface area contributed by atoms with Gasteiger partial charge in [-0.25, -0.2) is 0 Å². The predicted octanol–water partition coefficient (Wildman–Crippen LogP) is 5.04. The van der Waals surface area contributed by atoms with Crippen LogP contribution in [0.5, 0.6) is 23.0 Å². The van der Waals surface area contributed by atoms with Crippen LogP contribution in [0.3, 0.4) is 0 Å². The molecule has 4 rings (SSSR count). The summed E-state index contributed by atoms with van der Waals surface area (Å²) in [6.45, 7) is 0. The van der Waals surface area contributed by atoms with E-state index in [9.17, 15) is 9.59 Å². The van der Waals surface area contributed by atoms with Gasteiger partial charge in [-0.05, 0) is 59.8 Å². The highest BCUT2D eigenvalue weighted by atomic mass is 32.2. The second-order valence-corrected chi connectivity index (χ2v) is 8.46. The highest BCUT2D eigenvalue weighted by Gasteiger charge is 2.37. The number of nitrogens with zero attached hydrogens (tertiary/aromatic N) is 2. The summed E-state index contributed by atoms with van der Waals surface area (Å²) in [5.41, 5.74) is 1.54. The van der Waals surface area contributed by atoms with Gasteiger partial charge >= 0.3 is 0 Å². The van der Waals surface area contributed by atoms with Gasteiger partial charge in [-0.3, -0.25) is 14.5 Å². The number of carbonyl (C=O) groups excluding carboxylic acids is 2. The van der Waals surface area contributed by atoms with E-state index in [0.29, 0.717) is 44.7 Å². The largest absolute Gasteiger partial charge is 0.495 e. The van der Waals surface area contributed by atoms with Crippen LogP contribution in [0.4, 0.5) is 5.69 Å².